The highest BCUT2D eigenvalue weighted by atomic mass is 19.1. The molecule has 10 heteroatoms. The van der Waals surface area contributed by atoms with Crippen LogP contribution in [0.3, 0.4) is 0 Å². The lowest BCUT2D eigenvalue weighted by atomic mass is 9.98. The fourth-order valence-corrected chi connectivity index (χ4v) is 3.54. The zero-order valence-corrected chi connectivity index (χ0v) is 19.6. The third-order valence-corrected chi connectivity index (χ3v) is 5.20. The molecular formula is C25H24F2N4O4. The average molecular weight is 482 g/mol. The lowest BCUT2D eigenvalue weighted by Crippen LogP contribution is -2.30. The van der Waals surface area contributed by atoms with Crippen LogP contribution in [0.1, 0.15) is 48.8 Å². The summed E-state index contributed by atoms with van der Waals surface area (Å²) in [5.41, 5.74) is 2.86. The molecule has 182 valence electrons. The molecule has 2 aromatic carbocycles. The highest BCUT2D eigenvalue weighted by Gasteiger charge is 2.20. The number of H-pyrrole nitrogens is 1. The molecule has 2 amide bonds. The van der Waals surface area contributed by atoms with E-state index < -0.39 is 29.4 Å². The van der Waals surface area contributed by atoms with Gasteiger partial charge in [0.2, 0.25) is 0 Å². The highest BCUT2D eigenvalue weighted by Crippen LogP contribution is 2.18. The van der Waals surface area contributed by atoms with Crippen LogP contribution >= 0.6 is 0 Å². The van der Waals surface area contributed by atoms with Crippen molar-refractivity contribution in [3.63, 3.8) is 0 Å². The van der Waals surface area contributed by atoms with E-state index in [4.69, 9.17) is 4.74 Å². The van der Waals surface area contributed by atoms with Crippen LogP contribution in [0.5, 0.6) is 0 Å². The van der Waals surface area contributed by atoms with Gasteiger partial charge in [-0.05, 0) is 67.8 Å². The van der Waals surface area contributed by atoms with Gasteiger partial charge in [-0.15, -0.1) is 0 Å². The van der Waals surface area contributed by atoms with Gasteiger partial charge in [0.15, 0.2) is 0 Å². The molecule has 3 N–H and O–H groups in total. The Morgan fingerprint density at radius 3 is 2.17 bits per heavy atom. The number of carbonyl (C=O) groups excluding carboxylic acids is 3. The predicted molar refractivity (Wildman–Crippen MR) is 124 cm³/mol. The number of ether oxygens (including phenoxy) is 1. The van der Waals surface area contributed by atoms with E-state index in [-0.39, 0.29) is 28.9 Å². The van der Waals surface area contributed by atoms with E-state index in [1.165, 1.54) is 31.6 Å². The molecular weight excluding hydrogens is 458 g/mol. The summed E-state index contributed by atoms with van der Waals surface area (Å²) in [6.07, 6.45) is 2.86. The lowest BCUT2D eigenvalue weighted by Gasteiger charge is -2.14. The Balaban J connectivity index is 1.79. The summed E-state index contributed by atoms with van der Waals surface area (Å²) in [7, 11) is 1.20. The Bertz CT molecular complexity index is 1290. The van der Waals surface area contributed by atoms with Gasteiger partial charge in [-0.25, -0.2) is 18.6 Å². The third-order valence-electron chi connectivity index (χ3n) is 5.20. The van der Waals surface area contributed by atoms with Crippen molar-refractivity contribution in [3.05, 3.63) is 93.2 Å². The molecule has 0 unspecified atom stereocenters. The highest BCUT2D eigenvalue weighted by molar-refractivity contribution is 6.05. The van der Waals surface area contributed by atoms with Crippen molar-refractivity contribution in [3.8, 4) is 0 Å². The third kappa shape index (κ3) is 6.17. The number of amides is 2. The zero-order valence-electron chi connectivity index (χ0n) is 19.6. The van der Waals surface area contributed by atoms with Crippen molar-refractivity contribution in [1.29, 1.82) is 0 Å². The Morgan fingerprint density at radius 1 is 1.00 bits per heavy atom. The van der Waals surface area contributed by atoms with Gasteiger partial charge < -0.3 is 20.4 Å². The second kappa shape index (κ2) is 10.7. The van der Waals surface area contributed by atoms with Crippen LogP contribution in [-0.4, -0.2) is 34.9 Å². The first-order valence-corrected chi connectivity index (χ1v) is 10.5. The number of benzene rings is 2. The zero-order chi connectivity index (χ0) is 25.7. The molecule has 3 rings (SSSR count). The average Bonchev–Trinajstić information content (AvgIpc) is 3.19. The summed E-state index contributed by atoms with van der Waals surface area (Å²) in [5, 5.41) is 5.16. The number of halogens is 2. The second-order valence-electron chi connectivity index (χ2n) is 7.86. The Kier molecular flexibility index (Phi) is 7.75. The van der Waals surface area contributed by atoms with Crippen LogP contribution in [0.25, 0.3) is 6.08 Å². The maximum atomic E-state index is 13.4. The van der Waals surface area contributed by atoms with Crippen molar-refractivity contribution < 1.29 is 27.9 Å². The number of methoxy groups -OCH3 is 1. The van der Waals surface area contributed by atoms with Crippen molar-refractivity contribution in [1.82, 2.24) is 20.6 Å². The van der Waals surface area contributed by atoms with Gasteiger partial charge in [-0.2, -0.15) is 0 Å². The molecule has 0 bridgehead atoms. The quantitative estimate of drug-likeness (QED) is 0.353. The summed E-state index contributed by atoms with van der Waals surface area (Å²) in [4.78, 5) is 44.8. The molecule has 0 aliphatic rings. The van der Waals surface area contributed by atoms with Crippen LogP contribution in [0.4, 0.5) is 8.78 Å². The van der Waals surface area contributed by atoms with Gasteiger partial charge >= 0.3 is 5.97 Å². The number of hydrogen-bond acceptors (Lipinski definition) is 5. The molecule has 0 saturated carbocycles. The molecule has 0 atom stereocenters. The van der Waals surface area contributed by atoms with Crippen LogP contribution in [-0.2, 0) is 16.1 Å². The van der Waals surface area contributed by atoms with Crippen molar-refractivity contribution in [2.75, 3.05) is 7.11 Å². The summed E-state index contributed by atoms with van der Waals surface area (Å²) < 4.78 is 31.5. The topological polar surface area (TPSA) is 113 Å². The minimum absolute atomic E-state index is 0.0757. The second-order valence-corrected chi connectivity index (χ2v) is 7.86. The van der Waals surface area contributed by atoms with Crippen molar-refractivity contribution >= 4 is 23.9 Å². The SMILES string of the molecule is COC(=O)/C(=C\c1nc[nH]c1C)NC(=O)c1c(C)cc(C(=O)NCc2cc(F)cc(F)c2)cc1C. The van der Waals surface area contributed by atoms with E-state index >= 15 is 0 Å². The first kappa shape index (κ1) is 25.3. The molecule has 1 aromatic heterocycles. The van der Waals surface area contributed by atoms with E-state index in [1.807, 2.05) is 0 Å². The summed E-state index contributed by atoms with van der Waals surface area (Å²) in [5.74, 6) is -3.26. The van der Waals surface area contributed by atoms with Gasteiger partial charge in [-0.3, -0.25) is 9.59 Å². The fraction of sp³-hybridized carbons (Fsp3) is 0.200. The summed E-state index contributed by atoms with van der Waals surface area (Å²) in [6.45, 7) is 4.99. The molecule has 35 heavy (non-hydrogen) atoms. The van der Waals surface area contributed by atoms with Crippen LogP contribution in [0.15, 0.2) is 42.4 Å². The monoisotopic (exact) mass is 482 g/mol. The molecule has 0 aliphatic heterocycles. The summed E-state index contributed by atoms with van der Waals surface area (Å²) >= 11 is 0. The van der Waals surface area contributed by atoms with Crippen LogP contribution in [0, 0.1) is 32.4 Å². The predicted octanol–water partition coefficient (Wildman–Crippen LogP) is 3.49. The molecule has 0 radical (unpaired) electrons. The molecule has 0 aliphatic carbocycles. The molecule has 0 saturated heterocycles. The maximum Gasteiger partial charge on any atom is 0.354 e. The normalized spacial score (nSPS) is 11.2. The number of carbonyl (C=O) groups is 3. The van der Waals surface area contributed by atoms with E-state index in [9.17, 15) is 23.2 Å². The van der Waals surface area contributed by atoms with Gasteiger partial charge in [0.05, 0.1) is 19.1 Å². The molecule has 1 heterocycles. The number of nitrogens with one attached hydrogen (secondary N) is 3. The van der Waals surface area contributed by atoms with E-state index in [0.717, 1.165) is 18.2 Å². The number of nitrogens with zero attached hydrogens (tertiary/aromatic N) is 1. The number of aryl methyl sites for hydroxylation is 3. The molecule has 8 nitrogen and oxygen atoms in total. The fourth-order valence-electron chi connectivity index (χ4n) is 3.54. The molecule has 3 aromatic rings. The standard InChI is InChI=1S/C25H24F2N4O4/c1-13-5-17(23(32)28-11-16-7-18(26)9-19(27)8-16)6-14(2)22(13)24(33)31-21(25(34)35-4)10-20-15(3)29-12-30-20/h5-10,12H,11H2,1-4H3,(H,28,32)(H,29,30)(H,31,33)/b21-10+. The maximum absolute atomic E-state index is 13.4. The Morgan fingerprint density at radius 2 is 1.63 bits per heavy atom. The van der Waals surface area contributed by atoms with Crippen molar-refractivity contribution in [2.45, 2.75) is 27.3 Å². The number of hydrogen-bond donors (Lipinski definition) is 3. The number of aromatic nitrogens is 2. The van der Waals surface area contributed by atoms with Crippen molar-refractivity contribution in [2.24, 2.45) is 0 Å². The van der Waals surface area contributed by atoms with E-state index in [2.05, 4.69) is 20.6 Å². The first-order chi connectivity index (χ1) is 16.6. The summed E-state index contributed by atoms with van der Waals surface area (Å²) in [6, 6.07) is 6.04. The Labute approximate surface area is 200 Å². The van der Waals surface area contributed by atoms with Crippen LogP contribution < -0.4 is 10.6 Å². The number of imidazole rings is 1. The van der Waals surface area contributed by atoms with Crippen LogP contribution in [0.2, 0.25) is 0 Å². The van der Waals surface area contributed by atoms with Gasteiger partial charge in [-0.1, -0.05) is 0 Å². The molecule has 0 fully saturated rings. The molecule has 0 spiro atoms. The number of rotatable bonds is 7. The van der Waals surface area contributed by atoms with Gasteiger partial charge in [0.25, 0.3) is 11.8 Å². The Hall–Kier alpha value is -4.34. The van der Waals surface area contributed by atoms with E-state index in [1.54, 1.807) is 20.8 Å². The number of aromatic amines is 1. The minimum Gasteiger partial charge on any atom is -0.464 e. The van der Waals surface area contributed by atoms with Gasteiger partial charge in [0, 0.05) is 29.4 Å². The minimum atomic E-state index is -0.749. The lowest BCUT2D eigenvalue weighted by molar-refractivity contribution is -0.136. The first-order valence-electron chi connectivity index (χ1n) is 10.5. The van der Waals surface area contributed by atoms with E-state index in [0.29, 0.717) is 22.5 Å². The number of esters is 1. The van der Waals surface area contributed by atoms with Gasteiger partial charge in [0.1, 0.15) is 17.3 Å². The largest absolute Gasteiger partial charge is 0.464 e. The smallest absolute Gasteiger partial charge is 0.354 e.